The Morgan fingerprint density at radius 2 is 1.87 bits per heavy atom. The van der Waals surface area contributed by atoms with Crippen molar-refractivity contribution in [1.29, 1.82) is 0 Å². The first-order valence-corrected chi connectivity index (χ1v) is 7.05. The predicted molar refractivity (Wildman–Crippen MR) is 65.1 cm³/mol. The molecule has 6 heteroatoms. The molecular weight excluding hydrogens is 232 g/mol. The lowest BCUT2D eigenvalue weighted by atomic mass is 9.98. The SMILES string of the molecule is CC(C)S(=O)(=O)N1CCC(C(N)=S)CC1. The highest BCUT2D eigenvalue weighted by molar-refractivity contribution is 7.89. The summed E-state index contributed by atoms with van der Waals surface area (Å²) in [6.45, 7) is 4.50. The molecule has 0 aromatic rings. The molecule has 15 heavy (non-hydrogen) atoms. The Hall–Kier alpha value is -0.200. The van der Waals surface area contributed by atoms with Gasteiger partial charge in [0.2, 0.25) is 10.0 Å². The zero-order valence-corrected chi connectivity index (χ0v) is 10.8. The molecule has 1 aliphatic heterocycles. The number of sulfonamides is 1. The standard InChI is InChI=1S/C9H18N2O2S2/c1-7(2)15(12,13)11-5-3-8(4-6-11)9(10)14/h7-8H,3-6H2,1-2H3,(H2,10,14). The largest absolute Gasteiger partial charge is 0.393 e. The molecule has 1 fully saturated rings. The first kappa shape index (κ1) is 12.9. The summed E-state index contributed by atoms with van der Waals surface area (Å²) in [5.41, 5.74) is 5.54. The third-order valence-corrected chi connectivity index (χ3v) is 5.42. The Morgan fingerprint density at radius 3 is 2.20 bits per heavy atom. The molecule has 0 unspecified atom stereocenters. The fourth-order valence-corrected chi connectivity index (χ4v) is 3.24. The van der Waals surface area contributed by atoms with Crippen LogP contribution in [0.4, 0.5) is 0 Å². The summed E-state index contributed by atoms with van der Waals surface area (Å²) in [7, 11) is -3.10. The van der Waals surface area contributed by atoms with Gasteiger partial charge in [-0.15, -0.1) is 0 Å². The molecule has 0 saturated carbocycles. The molecule has 0 spiro atoms. The Morgan fingerprint density at radius 1 is 1.40 bits per heavy atom. The van der Waals surface area contributed by atoms with Crippen LogP contribution in [0.2, 0.25) is 0 Å². The van der Waals surface area contributed by atoms with Gasteiger partial charge in [-0.2, -0.15) is 0 Å². The highest BCUT2D eigenvalue weighted by Crippen LogP contribution is 2.21. The molecular formula is C9H18N2O2S2. The van der Waals surface area contributed by atoms with Gasteiger partial charge >= 0.3 is 0 Å². The zero-order chi connectivity index (χ0) is 11.6. The molecule has 88 valence electrons. The molecule has 0 bridgehead atoms. The van der Waals surface area contributed by atoms with Gasteiger partial charge in [0.05, 0.1) is 10.2 Å². The summed E-state index contributed by atoms with van der Waals surface area (Å²) in [4.78, 5) is 0.511. The number of rotatable bonds is 3. The summed E-state index contributed by atoms with van der Waals surface area (Å²) >= 11 is 4.91. The molecule has 0 aromatic heterocycles. The third-order valence-electron chi connectivity index (χ3n) is 2.81. The van der Waals surface area contributed by atoms with Gasteiger partial charge in [-0.3, -0.25) is 0 Å². The summed E-state index contributed by atoms with van der Waals surface area (Å²) in [6.07, 6.45) is 1.50. The van der Waals surface area contributed by atoms with Crippen molar-refractivity contribution in [1.82, 2.24) is 4.31 Å². The van der Waals surface area contributed by atoms with Gasteiger partial charge in [-0.25, -0.2) is 12.7 Å². The van der Waals surface area contributed by atoms with Gasteiger partial charge in [0.15, 0.2) is 0 Å². The zero-order valence-electron chi connectivity index (χ0n) is 9.14. The Kier molecular flexibility index (Phi) is 4.08. The average molecular weight is 250 g/mol. The van der Waals surface area contributed by atoms with Crippen molar-refractivity contribution in [3.63, 3.8) is 0 Å². The van der Waals surface area contributed by atoms with E-state index in [1.165, 1.54) is 0 Å². The van der Waals surface area contributed by atoms with E-state index in [-0.39, 0.29) is 11.2 Å². The van der Waals surface area contributed by atoms with Crippen molar-refractivity contribution in [2.45, 2.75) is 31.9 Å². The maximum Gasteiger partial charge on any atom is 0.216 e. The average Bonchev–Trinajstić information content (AvgIpc) is 2.17. The summed E-state index contributed by atoms with van der Waals surface area (Å²) in [5, 5.41) is -0.348. The predicted octanol–water partition coefficient (Wildman–Crippen LogP) is 0.723. The molecule has 0 aromatic carbocycles. The van der Waals surface area contributed by atoms with E-state index < -0.39 is 10.0 Å². The number of piperidine rings is 1. The van der Waals surface area contributed by atoms with Gasteiger partial charge in [-0.1, -0.05) is 12.2 Å². The van der Waals surface area contributed by atoms with Crippen molar-refractivity contribution >= 4 is 27.2 Å². The molecule has 0 atom stereocenters. The van der Waals surface area contributed by atoms with Crippen LogP contribution < -0.4 is 5.73 Å². The molecule has 4 nitrogen and oxygen atoms in total. The van der Waals surface area contributed by atoms with E-state index in [9.17, 15) is 8.42 Å². The van der Waals surface area contributed by atoms with Crippen molar-refractivity contribution in [3.8, 4) is 0 Å². The second-order valence-corrected chi connectivity index (χ2v) is 7.13. The fourth-order valence-electron chi connectivity index (χ4n) is 1.69. The molecule has 0 aliphatic carbocycles. The van der Waals surface area contributed by atoms with Gasteiger partial charge in [0.1, 0.15) is 0 Å². The van der Waals surface area contributed by atoms with Gasteiger partial charge < -0.3 is 5.73 Å². The lowest BCUT2D eigenvalue weighted by Crippen LogP contribution is -2.43. The van der Waals surface area contributed by atoms with Crippen molar-refractivity contribution in [3.05, 3.63) is 0 Å². The number of nitrogens with zero attached hydrogens (tertiary/aromatic N) is 1. The van der Waals surface area contributed by atoms with Crippen LogP contribution in [-0.2, 0) is 10.0 Å². The van der Waals surface area contributed by atoms with Crippen LogP contribution in [0.5, 0.6) is 0 Å². The van der Waals surface area contributed by atoms with Crippen molar-refractivity contribution in [2.24, 2.45) is 11.7 Å². The summed E-state index contributed by atoms with van der Waals surface area (Å²) in [6, 6.07) is 0. The monoisotopic (exact) mass is 250 g/mol. The van der Waals surface area contributed by atoms with Crippen LogP contribution in [0.25, 0.3) is 0 Å². The Bertz CT molecular complexity index is 330. The number of nitrogens with two attached hydrogens (primary N) is 1. The highest BCUT2D eigenvalue weighted by Gasteiger charge is 2.30. The second kappa shape index (κ2) is 4.76. The van der Waals surface area contributed by atoms with Crippen molar-refractivity contribution in [2.75, 3.05) is 13.1 Å². The quantitative estimate of drug-likeness (QED) is 0.750. The number of hydrogen-bond donors (Lipinski definition) is 1. The van der Waals surface area contributed by atoms with E-state index >= 15 is 0 Å². The summed E-state index contributed by atoms with van der Waals surface area (Å²) < 4.78 is 25.2. The molecule has 1 heterocycles. The van der Waals surface area contributed by atoms with Crippen LogP contribution in [0, 0.1) is 5.92 Å². The molecule has 1 saturated heterocycles. The van der Waals surface area contributed by atoms with E-state index in [2.05, 4.69) is 0 Å². The third kappa shape index (κ3) is 2.89. The maximum absolute atomic E-state index is 11.8. The van der Waals surface area contributed by atoms with E-state index in [1.807, 2.05) is 0 Å². The molecule has 0 radical (unpaired) electrons. The lowest BCUT2D eigenvalue weighted by molar-refractivity contribution is 0.314. The number of hydrogen-bond acceptors (Lipinski definition) is 3. The van der Waals surface area contributed by atoms with Crippen LogP contribution in [-0.4, -0.2) is 36.1 Å². The first-order chi connectivity index (χ1) is 6.85. The van der Waals surface area contributed by atoms with Gasteiger partial charge in [-0.05, 0) is 26.7 Å². The first-order valence-electron chi connectivity index (χ1n) is 5.14. The second-order valence-electron chi connectivity index (χ2n) is 4.17. The van der Waals surface area contributed by atoms with Crippen LogP contribution >= 0.6 is 12.2 Å². The minimum Gasteiger partial charge on any atom is -0.393 e. The maximum atomic E-state index is 11.8. The van der Waals surface area contributed by atoms with E-state index in [0.29, 0.717) is 18.1 Å². The Balaban J connectivity index is 2.62. The number of thiocarbonyl (C=S) groups is 1. The minimum atomic E-state index is -3.10. The van der Waals surface area contributed by atoms with E-state index in [4.69, 9.17) is 18.0 Å². The smallest absolute Gasteiger partial charge is 0.216 e. The van der Waals surface area contributed by atoms with E-state index in [0.717, 1.165) is 12.8 Å². The normalized spacial score (nSPS) is 20.7. The molecule has 0 amide bonds. The van der Waals surface area contributed by atoms with Crippen molar-refractivity contribution < 1.29 is 8.42 Å². The van der Waals surface area contributed by atoms with Gasteiger partial charge in [0, 0.05) is 19.0 Å². The minimum absolute atomic E-state index is 0.207. The van der Waals surface area contributed by atoms with E-state index in [1.54, 1.807) is 18.2 Å². The molecule has 1 rings (SSSR count). The molecule has 2 N–H and O–H groups in total. The summed E-state index contributed by atoms with van der Waals surface area (Å²) in [5.74, 6) is 0.207. The van der Waals surface area contributed by atoms with Crippen LogP contribution in [0.15, 0.2) is 0 Å². The fraction of sp³-hybridized carbons (Fsp3) is 0.889. The lowest BCUT2D eigenvalue weighted by Gasteiger charge is -2.31. The highest BCUT2D eigenvalue weighted by atomic mass is 32.2. The van der Waals surface area contributed by atoms with Gasteiger partial charge in [0.25, 0.3) is 0 Å². The Labute approximate surface area is 96.9 Å². The van der Waals surface area contributed by atoms with Crippen LogP contribution in [0.3, 0.4) is 0 Å². The van der Waals surface area contributed by atoms with Crippen LogP contribution in [0.1, 0.15) is 26.7 Å². The topological polar surface area (TPSA) is 63.4 Å². The molecule has 1 aliphatic rings.